The second-order valence-corrected chi connectivity index (χ2v) is 5.13. The van der Waals surface area contributed by atoms with Crippen LogP contribution in [0.25, 0.3) is 0 Å². The maximum Gasteiger partial charge on any atom is 0.0991 e. The van der Waals surface area contributed by atoms with E-state index in [4.69, 9.17) is 5.26 Å². The van der Waals surface area contributed by atoms with Gasteiger partial charge in [-0.25, -0.2) is 0 Å². The Labute approximate surface area is 108 Å². The molecule has 1 aromatic carbocycles. The van der Waals surface area contributed by atoms with Gasteiger partial charge in [-0.1, -0.05) is 12.1 Å². The minimum atomic E-state index is -0.103. The van der Waals surface area contributed by atoms with Crippen LogP contribution in [0.3, 0.4) is 0 Å². The van der Waals surface area contributed by atoms with E-state index in [2.05, 4.69) is 18.3 Å². The summed E-state index contributed by atoms with van der Waals surface area (Å²) in [6, 6.07) is 10.7. The number of aliphatic hydroxyl groups excluding tert-OH is 1. The Balaban J connectivity index is 1.91. The molecule has 0 aromatic heterocycles. The van der Waals surface area contributed by atoms with E-state index in [9.17, 15) is 5.11 Å². The zero-order valence-electron chi connectivity index (χ0n) is 10.8. The van der Waals surface area contributed by atoms with Gasteiger partial charge in [0.1, 0.15) is 0 Å². The summed E-state index contributed by atoms with van der Waals surface area (Å²) < 4.78 is 0. The van der Waals surface area contributed by atoms with Crippen LogP contribution in [-0.4, -0.2) is 17.3 Å². The molecule has 1 atom stereocenters. The van der Waals surface area contributed by atoms with E-state index in [1.807, 2.05) is 24.3 Å². The average molecular weight is 244 g/mol. The average Bonchev–Trinajstić information content (AvgIpc) is 2.41. The molecule has 3 heteroatoms. The van der Waals surface area contributed by atoms with Gasteiger partial charge in [0, 0.05) is 12.1 Å². The van der Waals surface area contributed by atoms with Gasteiger partial charge in [-0.15, -0.1) is 0 Å². The molecule has 18 heavy (non-hydrogen) atoms. The molecule has 0 aliphatic heterocycles. The van der Waals surface area contributed by atoms with Crippen LogP contribution in [0.5, 0.6) is 0 Å². The molecular weight excluding hydrogens is 224 g/mol. The van der Waals surface area contributed by atoms with Crippen LogP contribution in [0.2, 0.25) is 0 Å². The third-order valence-electron chi connectivity index (χ3n) is 3.72. The summed E-state index contributed by atoms with van der Waals surface area (Å²) in [6.45, 7) is 2.15. The predicted octanol–water partition coefficient (Wildman–Crippen LogP) is 2.51. The molecule has 96 valence electrons. The molecule has 1 fully saturated rings. The lowest BCUT2D eigenvalue weighted by atomic mass is 9.92. The number of aliphatic hydroxyl groups is 1. The van der Waals surface area contributed by atoms with Crippen LogP contribution in [0.4, 0.5) is 0 Å². The van der Waals surface area contributed by atoms with Crippen molar-refractivity contribution in [2.24, 2.45) is 0 Å². The second-order valence-electron chi connectivity index (χ2n) is 5.13. The summed E-state index contributed by atoms with van der Waals surface area (Å²) in [7, 11) is 0. The highest BCUT2D eigenvalue weighted by atomic mass is 16.3. The minimum absolute atomic E-state index is 0.103. The van der Waals surface area contributed by atoms with Crippen LogP contribution in [0, 0.1) is 11.3 Å². The number of nitrogens with one attached hydrogen (secondary N) is 1. The first kappa shape index (κ1) is 13.1. The fraction of sp³-hybridized carbons (Fsp3) is 0.533. The molecule has 1 aromatic rings. The SMILES string of the molecule is CC(NC1CCC(O)CC1)c1ccc(C#N)cc1. The Morgan fingerprint density at radius 1 is 1.22 bits per heavy atom. The van der Waals surface area contributed by atoms with Crippen molar-refractivity contribution in [3.63, 3.8) is 0 Å². The first-order valence-electron chi connectivity index (χ1n) is 6.63. The topological polar surface area (TPSA) is 56.0 Å². The Hall–Kier alpha value is -1.37. The van der Waals surface area contributed by atoms with Gasteiger partial charge in [0.2, 0.25) is 0 Å². The molecule has 0 spiro atoms. The molecule has 1 saturated carbocycles. The zero-order valence-corrected chi connectivity index (χ0v) is 10.8. The van der Waals surface area contributed by atoms with Crippen LogP contribution >= 0.6 is 0 Å². The van der Waals surface area contributed by atoms with Crippen molar-refractivity contribution >= 4 is 0 Å². The lowest BCUT2D eigenvalue weighted by molar-refractivity contribution is 0.114. The Bertz CT molecular complexity index is 413. The molecule has 2 rings (SSSR count). The molecule has 2 N–H and O–H groups in total. The maximum absolute atomic E-state index is 9.48. The monoisotopic (exact) mass is 244 g/mol. The van der Waals surface area contributed by atoms with Crippen LogP contribution < -0.4 is 5.32 Å². The number of hydrogen-bond acceptors (Lipinski definition) is 3. The van der Waals surface area contributed by atoms with Crippen LogP contribution in [0.1, 0.15) is 49.8 Å². The number of rotatable bonds is 3. The Kier molecular flexibility index (Phi) is 4.35. The summed E-state index contributed by atoms with van der Waals surface area (Å²) >= 11 is 0. The van der Waals surface area contributed by atoms with E-state index in [-0.39, 0.29) is 12.1 Å². The van der Waals surface area contributed by atoms with Crippen molar-refractivity contribution in [3.8, 4) is 6.07 Å². The van der Waals surface area contributed by atoms with Crippen molar-refractivity contribution in [3.05, 3.63) is 35.4 Å². The van der Waals surface area contributed by atoms with Crippen molar-refractivity contribution in [2.45, 2.75) is 50.8 Å². The summed E-state index contributed by atoms with van der Waals surface area (Å²) in [4.78, 5) is 0. The molecule has 0 heterocycles. The molecule has 3 nitrogen and oxygen atoms in total. The Morgan fingerprint density at radius 2 is 1.83 bits per heavy atom. The van der Waals surface area contributed by atoms with Gasteiger partial charge >= 0.3 is 0 Å². The van der Waals surface area contributed by atoms with Gasteiger partial charge in [0.05, 0.1) is 17.7 Å². The van der Waals surface area contributed by atoms with Gasteiger partial charge in [-0.2, -0.15) is 5.26 Å². The van der Waals surface area contributed by atoms with Crippen molar-refractivity contribution in [1.29, 1.82) is 5.26 Å². The normalized spacial score (nSPS) is 25.4. The third kappa shape index (κ3) is 3.32. The fourth-order valence-corrected chi connectivity index (χ4v) is 2.54. The summed E-state index contributed by atoms with van der Waals surface area (Å²) in [5, 5.41) is 21.8. The fourth-order valence-electron chi connectivity index (χ4n) is 2.54. The Morgan fingerprint density at radius 3 is 2.39 bits per heavy atom. The maximum atomic E-state index is 9.48. The summed E-state index contributed by atoms with van der Waals surface area (Å²) in [5.41, 5.74) is 1.91. The highest BCUT2D eigenvalue weighted by Gasteiger charge is 2.20. The molecule has 0 amide bonds. The summed E-state index contributed by atoms with van der Waals surface area (Å²) in [5.74, 6) is 0. The highest BCUT2D eigenvalue weighted by molar-refractivity contribution is 5.32. The summed E-state index contributed by atoms with van der Waals surface area (Å²) in [6.07, 6.45) is 3.78. The second kappa shape index (κ2) is 5.99. The van der Waals surface area contributed by atoms with E-state index in [1.165, 1.54) is 5.56 Å². The number of hydrogen-bond donors (Lipinski definition) is 2. The minimum Gasteiger partial charge on any atom is -0.393 e. The smallest absolute Gasteiger partial charge is 0.0991 e. The van der Waals surface area contributed by atoms with E-state index >= 15 is 0 Å². The molecule has 1 unspecified atom stereocenters. The van der Waals surface area contributed by atoms with Gasteiger partial charge in [0.15, 0.2) is 0 Å². The van der Waals surface area contributed by atoms with Crippen molar-refractivity contribution < 1.29 is 5.11 Å². The van der Waals surface area contributed by atoms with E-state index in [0.29, 0.717) is 11.6 Å². The van der Waals surface area contributed by atoms with Crippen LogP contribution in [0.15, 0.2) is 24.3 Å². The van der Waals surface area contributed by atoms with Gasteiger partial charge in [-0.05, 0) is 50.3 Å². The predicted molar refractivity (Wildman–Crippen MR) is 71.0 cm³/mol. The lowest BCUT2D eigenvalue weighted by Gasteiger charge is -2.29. The number of benzene rings is 1. The lowest BCUT2D eigenvalue weighted by Crippen LogP contribution is -2.36. The first-order valence-corrected chi connectivity index (χ1v) is 6.63. The van der Waals surface area contributed by atoms with Gasteiger partial charge in [0.25, 0.3) is 0 Å². The zero-order chi connectivity index (χ0) is 13.0. The van der Waals surface area contributed by atoms with Gasteiger partial charge < -0.3 is 10.4 Å². The van der Waals surface area contributed by atoms with Crippen molar-refractivity contribution in [2.75, 3.05) is 0 Å². The molecular formula is C15H20N2O. The standard InChI is InChI=1S/C15H20N2O/c1-11(13-4-2-12(10-16)3-5-13)17-14-6-8-15(18)9-7-14/h2-5,11,14-15,17-18H,6-9H2,1H3. The van der Waals surface area contributed by atoms with E-state index in [1.54, 1.807) is 0 Å². The highest BCUT2D eigenvalue weighted by Crippen LogP contribution is 2.22. The molecule has 1 aliphatic carbocycles. The first-order chi connectivity index (χ1) is 8.69. The molecule has 0 bridgehead atoms. The molecule has 1 aliphatic rings. The molecule has 0 saturated heterocycles. The van der Waals surface area contributed by atoms with Gasteiger partial charge in [-0.3, -0.25) is 0 Å². The number of nitrogens with zero attached hydrogens (tertiary/aromatic N) is 1. The quantitative estimate of drug-likeness (QED) is 0.859. The number of nitriles is 1. The molecule has 0 radical (unpaired) electrons. The van der Waals surface area contributed by atoms with E-state index < -0.39 is 0 Å². The largest absolute Gasteiger partial charge is 0.393 e. The van der Waals surface area contributed by atoms with Crippen molar-refractivity contribution in [1.82, 2.24) is 5.32 Å². The van der Waals surface area contributed by atoms with Crippen LogP contribution in [-0.2, 0) is 0 Å². The third-order valence-corrected chi connectivity index (χ3v) is 3.72. The van der Waals surface area contributed by atoms with E-state index in [0.717, 1.165) is 25.7 Å².